The molecule has 0 saturated carbocycles. The summed E-state index contributed by atoms with van der Waals surface area (Å²) in [5.74, 6) is 0. The molecule has 0 saturated heterocycles. The first-order chi connectivity index (χ1) is 37.2. The van der Waals surface area contributed by atoms with Crippen molar-refractivity contribution >= 4 is 51.2 Å². The fourth-order valence-electron chi connectivity index (χ4n) is 10.3. The third-order valence-electron chi connectivity index (χ3n) is 13.9. The highest BCUT2D eigenvalue weighted by Gasteiger charge is 2.24. The van der Waals surface area contributed by atoms with E-state index in [-0.39, 0.29) is 0 Å². The fraction of sp³-hybridized carbons (Fsp3) is 0. The van der Waals surface area contributed by atoms with Crippen molar-refractivity contribution in [1.82, 2.24) is 0 Å². The van der Waals surface area contributed by atoms with E-state index in [0.717, 1.165) is 95.7 Å². The molecule has 0 aliphatic heterocycles. The summed E-state index contributed by atoms with van der Waals surface area (Å²) in [4.78, 5) is 7.19. The quantitative estimate of drug-likeness (QED) is 0.108. The first kappa shape index (κ1) is 46.1. The average Bonchev–Trinajstić information content (AvgIpc) is 3.50. The highest BCUT2D eigenvalue weighted by Crippen LogP contribution is 2.48. The molecule has 3 nitrogen and oxygen atoms in total. The third-order valence-corrected chi connectivity index (χ3v) is 13.9. The van der Waals surface area contributed by atoms with Gasteiger partial charge in [0.25, 0.3) is 0 Å². The van der Waals surface area contributed by atoms with Crippen LogP contribution < -0.4 is 14.7 Å². The van der Waals surface area contributed by atoms with Gasteiger partial charge in [-0.3, -0.25) is 0 Å². The molecule has 0 fully saturated rings. The van der Waals surface area contributed by atoms with Gasteiger partial charge in [-0.25, -0.2) is 0 Å². The molecule has 0 amide bonds. The number of para-hydroxylation sites is 4. The average molecular weight is 960 g/mol. The Bertz CT molecular complexity index is 3410. The minimum atomic E-state index is 1.03. The standard InChI is InChI=1S/C72H53N3/c1-6-24-54(25-7-1)55-42-44-60(45-43-55)73(61-46-50-63(51-47-61)74(69-38-20-16-34-65(69)56-26-8-2-9-27-56)70-39-21-17-35-66(70)57-28-10-3-11-29-57)62-48-52-64(53-49-62)75(71-40-22-18-36-67(71)58-30-12-4-13-31-58)72-41-23-19-37-68(72)59-32-14-5-15-33-59/h1-53H. The summed E-state index contributed by atoms with van der Waals surface area (Å²) < 4.78 is 0. The molecule has 3 heteroatoms. The van der Waals surface area contributed by atoms with Crippen molar-refractivity contribution in [2.45, 2.75) is 0 Å². The second-order valence-electron chi connectivity index (χ2n) is 18.5. The van der Waals surface area contributed by atoms with E-state index in [0.29, 0.717) is 0 Å². The number of anilines is 9. The topological polar surface area (TPSA) is 9.72 Å². The molecular formula is C72H53N3. The van der Waals surface area contributed by atoms with Crippen molar-refractivity contribution in [3.8, 4) is 55.6 Å². The lowest BCUT2D eigenvalue weighted by atomic mass is 9.98. The van der Waals surface area contributed by atoms with Crippen molar-refractivity contribution in [1.29, 1.82) is 0 Å². The lowest BCUT2D eigenvalue weighted by Gasteiger charge is -2.32. The first-order valence-corrected chi connectivity index (χ1v) is 25.6. The molecule has 75 heavy (non-hydrogen) atoms. The Morgan fingerprint density at radius 2 is 0.320 bits per heavy atom. The van der Waals surface area contributed by atoms with Gasteiger partial charge in [0, 0.05) is 50.7 Å². The van der Waals surface area contributed by atoms with Crippen LogP contribution in [0.3, 0.4) is 0 Å². The van der Waals surface area contributed by atoms with E-state index in [1.165, 1.54) is 11.1 Å². The van der Waals surface area contributed by atoms with Gasteiger partial charge in [0.2, 0.25) is 0 Å². The SMILES string of the molecule is c1ccc(-c2ccc(N(c3ccc(N(c4ccccc4-c4ccccc4)c4ccccc4-c4ccccc4)cc3)c3ccc(N(c4ccccc4-c4ccccc4)c4ccccc4-c4ccccc4)cc3)cc2)cc1. The molecule has 12 rings (SSSR count). The zero-order valence-corrected chi connectivity index (χ0v) is 41.4. The fourth-order valence-corrected chi connectivity index (χ4v) is 10.3. The van der Waals surface area contributed by atoms with E-state index in [1.54, 1.807) is 0 Å². The van der Waals surface area contributed by atoms with Gasteiger partial charge in [-0.1, -0.05) is 237 Å². The highest BCUT2D eigenvalue weighted by molar-refractivity contribution is 5.96. The molecule has 0 unspecified atom stereocenters. The molecule has 0 bridgehead atoms. The van der Waals surface area contributed by atoms with Gasteiger partial charge in [-0.2, -0.15) is 0 Å². The van der Waals surface area contributed by atoms with Gasteiger partial charge in [0.1, 0.15) is 0 Å². The molecule has 0 aliphatic rings. The summed E-state index contributed by atoms with van der Waals surface area (Å²) >= 11 is 0. The van der Waals surface area contributed by atoms with Crippen LogP contribution in [0.2, 0.25) is 0 Å². The number of rotatable bonds is 14. The normalized spacial score (nSPS) is 10.9. The Morgan fingerprint density at radius 3 is 0.587 bits per heavy atom. The van der Waals surface area contributed by atoms with Crippen LogP contribution >= 0.6 is 0 Å². The smallest absolute Gasteiger partial charge is 0.0540 e. The zero-order valence-electron chi connectivity index (χ0n) is 41.4. The maximum atomic E-state index is 2.41. The molecule has 0 aliphatic carbocycles. The minimum absolute atomic E-state index is 1.03. The van der Waals surface area contributed by atoms with E-state index >= 15 is 0 Å². The Morgan fingerprint density at radius 1 is 0.133 bits per heavy atom. The molecule has 0 radical (unpaired) electrons. The lowest BCUT2D eigenvalue weighted by Crippen LogP contribution is -2.14. The molecule has 12 aromatic carbocycles. The van der Waals surface area contributed by atoms with Crippen molar-refractivity contribution in [2.75, 3.05) is 14.7 Å². The molecule has 0 spiro atoms. The molecule has 0 N–H and O–H groups in total. The molecule has 0 aromatic heterocycles. The largest absolute Gasteiger partial charge is 0.311 e. The van der Waals surface area contributed by atoms with E-state index in [4.69, 9.17) is 0 Å². The summed E-state index contributed by atoms with van der Waals surface area (Å²) in [7, 11) is 0. The van der Waals surface area contributed by atoms with Crippen LogP contribution in [0.25, 0.3) is 55.6 Å². The van der Waals surface area contributed by atoms with Crippen LogP contribution in [0.4, 0.5) is 51.2 Å². The predicted molar refractivity (Wildman–Crippen MR) is 318 cm³/mol. The second kappa shape index (κ2) is 21.4. The van der Waals surface area contributed by atoms with Crippen LogP contribution in [0.1, 0.15) is 0 Å². The van der Waals surface area contributed by atoms with Gasteiger partial charge in [-0.15, -0.1) is 0 Å². The molecule has 356 valence electrons. The van der Waals surface area contributed by atoms with Gasteiger partial charge >= 0.3 is 0 Å². The van der Waals surface area contributed by atoms with Crippen LogP contribution in [0.5, 0.6) is 0 Å². The Labute approximate surface area is 440 Å². The van der Waals surface area contributed by atoms with Crippen molar-refractivity contribution in [3.63, 3.8) is 0 Å². The van der Waals surface area contributed by atoms with Crippen molar-refractivity contribution in [3.05, 3.63) is 322 Å². The molecule has 0 heterocycles. The van der Waals surface area contributed by atoms with Crippen LogP contribution in [0, 0.1) is 0 Å². The van der Waals surface area contributed by atoms with Crippen LogP contribution in [-0.4, -0.2) is 0 Å². The Kier molecular flexibility index (Phi) is 13.2. The molecule has 0 atom stereocenters. The summed E-state index contributed by atoms with van der Waals surface area (Å²) in [6.45, 7) is 0. The molecule has 12 aromatic rings. The van der Waals surface area contributed by atoms with E-state index in [1.807, 2.05) is 0 Å². The Hall–Kier alpha value is -9.96. The lowest BCUT2D eigenvalue weighted by molar-refractivity contribution is 1.25. The van der Waals surface area contributed by atoms with Crippen molar-refractivity contribution in [2.24, 2.45) is 0 Å². The first-order valence-electron chi connectivity index (χ1n) is 25.6. The van der Waals surface area contributed by atoms with Gasteiger partial charge in [0.15, 0.2) is 0 Å². The Balaban J connectivity index is 0.999. The van der Waals surface area contributed by atoms with E-state index in [9.17, 15) is 0 Å². The number of benzene rings is 12. The molecular weight excluding hydrogens is 907 g/mol. The van der Waals surface area contributed by atoms with Gasteiger partial charge in [-0.05, 0) is 118 Å². The summed E-state index contributed by atoms with van der Waals surface area (Å²) in [6, 6.07) is 115. The number of hydrogen-bond donors (Lipinski definition) is 0. The monoisotopic (exact) mass is 959 g/mol. The van der Waals surface area contributed by atoms with Crippen LogP contribution in [0.15, 0.2) is 322 Å². The maximum absolute atomic E-state index is 2.41. The third kappa shape index (κ3) is 9.62. The summed E-state index contributed by atoms with van der Waals surface area (Å²) in [6.07, 6.45) is 0. The summed E-state index contributed by atoms with van der Waals surface area (Å²) in [5, 5.41) is 0. The van der Waals surface area contributed by atoms with Crippen LogP contribution in [-0.2, 0) is 0 Å². The van der Waals surface area contributed by atoms with Gasteiger partial charge in [0.05, 0.1) is 22.7 Å². The van der Waals surface area contributed by atoms with E-state index < -0.39 is 0 Å². The number of hydrogen-bond acceptors (Lipinski definition) is 3. The second-order valence-corrected chi connectivity index (χ2v) is 18.5. The summed E-state index contributed by atoms with van der Waals surface area (Å²) in [5.41, 5.74) is 21.2. The highest BCUT2D eigenvalue weighted by atomic mass is 15.2. The predicted octanol–water partition coefficient (Wildman–Crippen LogP) is 20.4. The minimum Gasteiger partial charge on any atom is -0.311 e. The maximum Gasteiger partial charge on any atom is 0.0540 e. The van der Waals surface area contributed by atoms with E-state index in [2.05, 4.69) is 336 Å². The zero-order chi connectivity index (χ0) is 50.2. The van der Waals surface area contributed by atoms with Gasteiger partial charge < -0.3 is 14.7 Å². The number of nitrogens with zero attached hydrogens (tertiary/aromatic N) is 3. The van der Waals surface area contributed by atoms with Crippen molar-refractivity contribution < 1.29 is 0 Å².